The average Bonchev–Trinajstić information content (AvgIpc) is 2.62. The Morgan fingerprint density at radius 2 is 1.88 bits per heavy atom. The fourth-order valence-corrected chi connectivity index (χ4v) is 2.41. The highest BCUT2D eigenvalue weighted by atomic mass is 16.3. The van der Waals surface area contributed by atoms with E-state index in [0.29, 0.717) is 11.7 Å². The number of hydrogen-bond acceptors (Lipinski definition) is 4. The maximum atomic E-state index is 12.2. The van der Waals surface area contributed by atoms with Crippen molar-refractivity contribution in [1.82, 2.24) is 9.97 Å². The van der Waals surface area contributed by atoms with Crippen LogP contribution in [0.15, 0.2) is 30.5 Å². The monoisotopic (exact) mass is 341 g/mol. The summed E-state index contributed by atoms with van der Waals surface area (Å²) in [6, 6.07) is 7.59. The Morgan fingerprint density at radius 1 is 1.20 bits per heavy atom. The van der Waals surface area contributed by atoms with E-state index < -0.39 is 0 Å². The quantitative estimate of drug-likeness (QED) is 0.803. The molecule has 0 radical (unpaired) electrons. The van der Waals surface area contributed by atoms with Crippen LogP contribution in [0, 0.1) is 11.8 Å². The largest absolute Gasteiger partial charge is 0.392 e. The first-order chi connectivity index (χ1) is 11.9. The van der Waals surface area contributed by atoms with Gasteiger partial charge < -0.3 is 10.4 Å². The average molecular weight is 341 g/mol. The van der Waals surface area contributed by atoms with Crippen molar-refractivity contribution >= 4 is 11.7 Å². The van der Waals surface area contributed by atoms with Crippen molar-refractivity contribution in [3.05, 3.63) is 41.7 Å². The van der Waals surface area contributed by atoms with Gasteiger partial charge in [-0.2, -0.15) is 0 Å². The van der Waals surface area contributed by atoms with E-state index in [-0.39, 0.29) is 18.4 Å². The lowest BCUT2D eigenvalue weighted by molar-refractivity contribution is -0.119. The Labute approximate surface area is 149 Å². The molecule has 1 amide bonds. The number of anilines is 1. The fraction of sp³-hybridized carbons (Fsp3) is 0.450. The Hall–Kier alpha value is -2.27. The molecule has 2 rings (SSSR count). The Kier molecular flexibility index (Phi) is 6.65. The van der Waals surface area contributed by atoms with Crippen LogP contribution in [-0.2, 0) is 17.8 Å². The normalized spacial score (nSPS) is 12.2. The predicted molar refractivity (Wildman–Crippen MR) is 100 cm³/mol. The number of amides is 1. The summed E-state index contributed by atoms with van der Waals surface area (Å²) in [6.45, 7) is 8.15. The number of nitrogens with zero attached hydrogens (tertiary/aromatic N) is 2. The van der Waals surface area contributed by atoms with E-state index in [4.69, 9.17) is 10.1 Å². The molecule has 0 spiro atoms. The van der Waals surface area contributed by atoms with Gasteiger partial charge in [-0.25, -0.2) is 9.97 Å². The topological polar surface area (TPSA) is 75.1 Å². The van der Waals surface area contributed by atoms with Crippen LogP contribution in [0.3, 0.4) is 0 Å². The molecule has 1 unspecified atom stereocenters. The number of aliphatic hydroxyl groups is 1. The highest BCUT2D eigenvalue weighted by molar-refractivity contribution is 5.91. The van der Waals surface area contributed by atoms with E-state index in [2.05, 4.69) is 24.1 Å². The van der Waals surface area contributed by atoms with E-state index in [9.17, 15) is 4.79 Å². The second-order valence-electron chi connectivity index (χ2n) is 6.80. The van der Waals surface area contributed by atoms with Crippen molar-refractivity contribution in [3.8, 4) is 11.3 Å². The Morgan fingerprint density at radius 3 is 2.44 bits per heavy atom. The second kappa shape index (κ2) is 8.72. The standard InChI is InChI=1S/C20H27N3O2/c1-5-14(4)20(25)23-19-17(10-13(2)3)22-18(11-21-19)16-8-6-15(12-24)7-9-16/h6-9,11,13-14,24H,5,10,12H2,1-4H3,(H,21,23,25). The van der Waals surface area contributed by atoms with Crippen molar-refractivity contribution in [1.29, 1.82) is 0 Å². The zero-order valence-electron chi connectivity index (χ0n) is 15.4. The third kappa shape index (κ3) is 5.10. The molecule has 5 heteroatoms. The predicted octanol–water partition coefficient (Wildman–Crippen LogP) is 3.82. The van der Waals surface area contributed by atoms with Gasteiger partial charge in [-0.1, -0.05) is 52.0 Å². The molecule has 0 aliphatic heterocycles. The molecule has 1 aromatic heterocycles. The molecule has 1 heterocycles. The zero-order valence-corrected chi connectivity index (χ0v) is 15.4. The second-order valence-corrected chi connectivity index (χ2v) is 6.80. The van der Waals surface area contributed by atoms with Crippen LogP contribution in [0.2, 0.25) is 0 Å². The Balaban J connectivity index is 2.33. The van der Waals surface area contributed by atoms with Gasteiger partial charge in [0.15, 0.2) is 5.82 Å². The van der Waals surface area contributed by atoms with Crippen molar-refractivity contribution in [3.63, 3.8) is 0 Å². The maximum Gasteiger partial charge on any atom is 0.228 e. The van der Waals surface area contributed by atoms with Crippen molar-refractivity contribution in [2.45, 2.75) is 47.1 Å². The summed E-state index contributed by atoms with van der Waals surface area (Å²) in [7, 11) is 0. The summed E-state index contributed by atoms with van der Waals surface area (Å²) < 4.78 is 0. The third-order valence-corrected chi connectivity index (χ3v) is 4.18. The van der Waals surface area contributed by atoms with Gasteiger partial charge >= 0.3 is 0 Å². The lowest BCUT2D eigenvalue weighted by Gasteiger charge is -2.15. The lowest BCUT2D eigenvalue weighted by Crippen LogP contribution is -2.22. The minimum atomic E-state index is -0.0561. The molecule has 0 saturated heterocycles. The molecule has 0 aliphatic rings. The van der Waals surface area contributed by atoms with Crippen molar-refractivity contribution < 1.29 is 9.90 Å². The van der Waals surface area contributed by atoms with Gasteiger partial charge in [0, 0.05) is 11.5 Å². The number of nitrogens with one attached hydrogen (secondary N) is 1. The molecule has 0 bridgehead atoms. The zero-order chi connectivity index (χ0) is 18.4. The van der Waals surface area contributed by atoms with Crippen molar-refractivity contribution in [2.24, 2.45) is 11.8 Å². The third-order valence-electron chi connectivity index (χ3n) is 4.18. The van der Waals surface area contributed by atoms with Crippen LogP contribution < -0.4 is 5.32 Å². The molecule has 2 aromatic rings. The molecule has 5 nitrogen and oxygen atoms in total. The van der Waals surface area contributed by atoms with E-state index in [1.807, 2.05) is 38.1 Å². The van der Waals surface area contributed by atoms with Crippen LogP contribution in [0.4, 0.5) is 5.82 Å². The van der Waals surface area contributed by atoms with E-state index >= 15 is 0 Å². The fourth-order valence-electron chi connectivity index (χ4n) is 2.41. The lowest BCUT2D eigenvalue weighted by atomic mass is 10.1. The molecular formula is C20H27N3O2. The summed E-state index contributed by atoms with van der Waals surface area (Å²) in [4.78, 5) is 21.4. The summed E-state index contributed by atoms with van der Waals surface area (Å²) in [5.74, 6) is 0.872. The molecule has 0 aliphatic carbocycles. The van der Waals surface area contributed by atoms with E-state index in [1.54, 1.807) is 6.20 Å². The summed E-state index contributed by atoms with van der Waals surface area (Å²) >= 11 is 0. The highest BCUT2D eigenvalue weighted by Crippen LogP contribution is 2.22. The van der Waals surface area contributed by atoms with Gasteiger partial charge in [-0.05, 0) is 24.3 Å². The first-order valence-corrected chi connectivity index (χ1v) is 8.81. The van der Waals surface area contributed by atoms with Crippen molar-refractivity contribution in [2.75, 3.05) is 5.32 Å². The number of benzene rings is 1. The molecule has 134 valence electrons. The molecule has 1 aromatic carbocycles. The minimum Gasteiger partial charge on any atom is -0.392 e. The summed E-state index contributed by atoms with van der Waals surface area (Å²) in [5.41, 5.74) is 3.36. The van der Waals surface area contributed by atoms with Crippen LogP contribution in [0.5, 0.6) is 0 Å². The highest BCUT2D eigenvalue weighted by Gasteiger charge is 2.16. The van der Waals surface area contributed by atoms with Crippen LogP contribution >= 0.6 is 0 Å². The number of hydrogen-bond donors (Lipinski definition) is 2. The van der Waals surface area contributed by atoms with Gasteiger partial charge in [-0.3, -0.25) is 4.79 Å². The Bertz CT molecular complexity index is 711. The number of carbonyl (C=O) groups is 1. The van der Waals surface area contributed by atoms with E-state index in [0.717, 1.165) is 35.4 Å². The van der Waals surface area contributed by atoms with Crippen LogP contribution in [-0.4, -0.2) is 21.0 Å². The van der Waals surface area contributed by atoms with Gasteiger partial charge in [0.05, 0.1) is 24.2 Å². The summed E-state index contributed by atoms with van der Waals surface area (Å²) in [5, 5.41) is 12.1. The number of aromatic nitrogens is 2. The number of rotatable bonds is 7. The maximum absolute atomic E-state index is 12.2. The van der Waals surface area contributed by atoms with Crippen LogP contribution in [0.1, 0.15) is 45.4 Å². The van der Waals surface area contributed by atoms with Gasteiger partial charge in [0.25, 0.3) is 0 Å². The van der Waals surface area contributed by atoms with Gasteiger partial charge in [0.2, 0.25) is 5.91 Å². The molecule has 0 fully saturated rings. The first kappa shape index (κ1) is 19.1. The SMILES string of the molecule is CCC(C)C(=O)Nc1ncc(-c2ccc(CO)cc2)nc1CC(C)C. The first-order valence-electron chi connectivity index (χ1n) is 8.81. The molecule has 2 N–H and O–H groups in total. The minimum absolute atomic E-state index is 0.0190. The summed E-state index contributed by atoms with van der Waals surface area (Å²) in [6.07, 6.45) is 3.21. The number of aliphatic hydroxyl groups excluding tert-OH is 1. The smallest absolute Gasteiger partial charge is 0.228 e. The van der Waals surface area contributed by atoms with Gasteiger partial charge in [-0.15, -0.1) is 0 Å². The molecule has 25 heavy (non-hydrogen) atoms. The number of carbonyl (C=O) groups excluding carboxylic acids is 1. The molecule has 1 atom stereocenters. The molecule has 0 saturated carbocycles. The van der Waals surface area contributed by atoms with Crippen LogP contribution in [0.25, 0.3) is 11.3 Å². The van der Waals surface area contributed by atoms with E-state index in [1.165, 1.54) is 0 Å². The van der Waals surface area contributed by atoms with Gasteiger partial charge in [0.1, 0.15) is 0 Å². The molecular weight excluding hydrogens is 314 g/mol.